The molecular formula is C10H11FO5S. The van der Waals surface area contributed by atoms with E-state index < -0.39 is 44.4 Å². The molecule has 1 aromatic carbocycles. The highest BCUT2D eigenvalue weighted by Crippen LogP contribution is 2.21. The number of carboxylic acid groups (broad SMARTS) is 1. The Hall–Kier alpha value is -1.47. The van der Waals surface area contributed by atoms with Gasteiger partial charge in [0.2, 0.25) is 0 Å². The van der Waals surface area contributed by atoms with Crippen LogP contribution in [0.3, 0.4) is 0 Å². The molecule has 1 aromatic rings. The molecule has 0 unspecified atom stereocenters. The molecule has 0 amide bonds. The van der Waals surface area contributed by atoms with Gasteiger partial charge in [0.25, 0.3) is 0 Å². The summed E-state index contributed by atoms with van der Waals surface area (Å²) in [5, 5.41) is 17.3. The Morgan fingerprint density at radius 2 is 2.00 bits per heavy atom. The molecule has 94 valence electrons. The number of hydrogen-bond acceptors (Lipinski definition) is 4. The lowest BCUT2D eigenvalue weighted by atomic mass is 10.1. The van der Waals surface area contributed by atoms with Crippen molar-refractivity contribution in [2.75, 3.05) is 12.4 Å². The van der Waals surface area contributed by atoms with Gasteiger partial charge in [0.15, 0.2) is 9.84 Å². The Morgan fingerprint density at radius 1 is 1.41 bits per heavy atom. The van der Waals surface area contributed by atoms with Crippen molar-refractivity contribution >= 4 is 15.8 Å². The maximum absolute atomic E-state index is 13.4. The number of benzene rings is 1. The van der Waals surface area contributed by atoms with Gasteiger partial charge in [-0.25, -0.2) is 17.6 Å². The van der Waals surface area contributed by atoms with Crippen molar-refractivity contribution in [3.05, 3.63) is 29.1 Å². The number of halogens is 1. The summed E-state index contributed by atoms with van der Waals surface area (Å²) in [5.41, 5.74) is -0.590. The minimum Gasteiger partial charge on any atom is -0.478 e. The first-order valence-electron chi connectivity index (χ1n) is 4.66. The number of rotatable bonds is 4. The Bertz CT molecular complexity index is 550. The van der Waals surface area contributed by atoms with E-state index in [2.05, 4.69) is 0 Å². The van der Waals surface area contributed by atoms with Crippen LogP contribution in [-0.2, 0) is 9.84 Å². The van der Waals surface area contributed by atoms with Crippen molar-refractivity contribution in [3.63, 3.8) is 0 Å². The van der Waals surface area contributed by atoms with Crippen LogP contribution in [0.2, 0.25) is 0 Å². The fourth-order valence-electron chi connectivity index (χ4n) is 1.33. The van der Waals surface area contributed by atoms with E-state index in [-0.39, 0.29) is 5.56 Å². The fourth-order valence-corrected chi connectivity index (χ4v) is 2.66. The van der Waals surface area contributed by atoms with Gasteiger partial charge >= 0.3 is 5.97 Å². The zero-order valence-electron chi connectivity index (χ0n) is 8.97. The van der Waals surface area contributed by atoms with Crippen LogP contribution in [0.4, 0.5) is 4.39 Å². The molecule has 0 spiro atoms. The third-order valence-corrected chi connectivity index (χ3v) is 4.05. The number of carbonyl (C=O) groups is 1. The van der Waals surface area contributed by atoms with E-state index in [0.29, 0.717) is 0 Å². The number of aliphatic hydroxyl groups excluding tert-OH is 1. The maximum atomic E-state index is 13.4. The van der Waals surface area contributed by atoms with Gasteiger partial charge in [-0.2, -0.15) is 0 Å². The molecule has 0 heterocycles. The Balaban J connectivity index is 3.48. The molecule has 2 N–H and O–H groups in total. The molecule has 0 aliphatic heterocycles. The van der Waals surface area contributed by atoms with Gasteiger partial charge in [-0.1, -0.05) is 0 Å². The van der Waals surface area contributed by atoms with Crippen molar-refractivity contribution < 1.29 is 27.8 Å². The van der Waals surface area contributed by atoms with Crippen molar-refractivity contribution in [3.8, 4) is 0 Å². The molecule has 7 heteroatoms. The number of hydrogen-bond donors (Lipinski definition) is 2. The molecule has 0 atom stereocenters. The molecule has 0 radical (unpaired) electrons. The molecular weight excluding hydrogens is 251 g/mol. The molecule has 0 saturated heterocycles. The Kier molecular flexibility index (Phi) is 3.84. The largest absolute Gasteiger partial charge is 0.478 e. The highest BCUT2D eigenvalue weighted by Gasteiger charge is 2.21. The molecule has 0 aromatic heterocycles. The summed E-state index contributed by atoms with van der Waals surface area (Å²) in [6.45, 7) is 0.631. The van der Waals surface area contributed by atoms with Gasteiger partial charge in [0, 0.05) is 5.56 Å². The summed E-state index contributed by atoms with van der Waals surface area (Å²) in [6.07, 6.45) is 0. The summed E-state index contributed by atoms with van der Waals surface area (Å²) < 4.78 is 36.7. The summed E-state index contributed by atoms with van der Waals surface area (Å²) in [5.74, 6) is -2.89. The van der Waals surface area contributed by atoms with Crippen LogP contribution in [-0.4, -0.2) is 37.0 Å². The zero-order valence-corrected chi connectivity index (χ0v) is 9.79. The predicted octanol–water partition coefficient (Wildman–Crippen LogP) is 0.598. The number of aliphatic hydroxyl groups is 1. The number of sulfone groups is 1. The van der Waals surface area contributed by atoms with E-state index in [4.69, 9.17) is 10.2 Å². The first-order chi connectivity index (χ1) is 7.79. The third kappa shape index (κ3) is 2.80. The standard InChI is InChI=1S/C10H11FO5S/c1-6-8(11)4-7(10(13)14)5-9(6)17(15,16)3-2-12/h4-5,12H,2-3H2,1H3,(H,13,14). The average molecular weight is 262 g/mol. The van der Waals surface area contributed by atoms with Gasteiger partial charge < -0.3 is 10.2 Å². The molecule has 0 saturated carbocycles. The van der Waals surface area contributed by atoms with Crippen molar-refractivity contribution in [1.82, 2.24) is 0 Å². The SMILES string of the molecule is Cc1c(F)cc(C(=O)O)cc1S(=O)(=O)CCO. The molecule has 5 nitrogen and oxygen atoms in total. The summed E-state index contributed by atoms with van der Waals surface area (Å²) in [6, 6.07) is 1.65. The van der Waals surface area contributed by atoms with Crippen LogP contribution in [0.15, 0.2) is 17.0 Å². The second kappa shape index (κ2) is 4.80. The predicted molar refractivity (Wildman–Crippen MR) is 57.2 cm³/mol. The van der Waals surface area contributed by atoms with Crippen LogP contribution >= 0.6 is 0 Å². The van der Waals surface area contributed by atoms with Gasteiger partial charge in [-0.3, -0.25) is 0 Å². The third-order valence-electron chi connectivity index (χ3n) is 2.24. The molecule has 0 fully saturated rings. The monoisotopic (exact) mass is 262 g/mol. The maximum Gasteiger partial charge on any atom is 0.335 e. The van der Waals surface area contributed by atoms with Crippen LogP contribution in [0.25, 0.3) is 0 Å². The highest BCUT2D eigenvalue weighted by atomic mass is 32.2. The van der Waals surface area contributed by atoms with E-state index in [0.717, 1.165) is 12.1 Å². The van der Waals surface area contributed by atoms with Gasteiger partial charge in [-0.15, -0.1) is 0 Å². The molecule has 0 aliphatic carbocycles. The topological polar surface area (TPSA) is 91.7 Å². The van der Waals surface area contributed by atoms with Gasteiger partial charge in [-0.05, 0) is 19.1 Å². The summed E-state index contributed by atoms with van der Waals surface area (Å²) in [7, 11) is -3.87. The van der Waals surface area contributed by atoms with E-state index in [9.17, 15) is 17.6 Å². The van der Waals surface area contributed by atoms with Crippen molar-refractivity contribution in [2.24, 2.45) is 0 Å². The van der Waals surface area contributed by atoms with Crippen LogP contribution in [0.1, 0.15) is 15.9 Å². The van der Waals surface area contributed by atoms with Crippen LogP contribution in [0.5, 0.6) is 0 Å². The smallest absolute Gasteiger partial charge is 0.335 e. The van der Waals surface area contributed by atoms with Crippen LogP contribution in [0, 0.1) is 12.7 Å². The number of aromatic carboxylic acids is 1. The second-order valence-electron chi connectivity index (χ2n) is 3.43. The Morgan fingerprint density at radius 3 is 2.47 bits per heavy atom. The fraction of sp³-hybridized carbons (Fsp3) is 0.300. The highest BCUT2D eigenvalue weighted by molar-refractivity contribution is 7.91. The van der Waals surface area contributed by atoms with E-state index >= 15 is 0 Å². The van der Waals surface area contributed by atoms with Crippen LogP contribution < -0.4 is 0 Å². The number of carboxylic acids is 1. The summed E-state index contributed by atoms with van der Waals surface area (Å²) in [4.78, 5) is 10.3. The normalized spacial score (nSPS) is 11.5. The lowest BCUT2D eigenvalue weighted by Gasteiger charge is -2.08. The molecule has 0 bridgehead atoms. The Labute approximate surface area is 97.4 Å². The van der Waals surface area contributed by atoms with Gasteiger partial charge in [0.05, 0.1) is 22.8 Å². The quantitative estimate of drug-likeness (QED) is 0.829. The van der Waals surface area contributed by atoms with Crippen molar-refractivity contribution in [1.29, 1.82) is 0 Å². The molecule has 1 rings (SSSR count). The molecule has 17 heavy (non-hydrogen) atoms. The van der Waals surface area contributed by atoms with E-state index in [1.807, 2.05) is 0 Å². The first kappa shape index (κ1) is 13.6. The minimum absolute atomic E-state index is 0.150. The summed E-state index contributed by atoms with van der Waals surface area (Å²) >= 11 is 0. The van der Waals surface area contributed by atoms with Gasteiger partial charge in [0.1, 0.15) is 5.82 Å². The molecule has 0 aliphatic rings. The van der Waals surface area contributed by atoms with E-state index in [1.165, 1.54) is 6.92 Å². The zero-order chi connectivity index (χ0) is 13.2. The lowest BCUT2D eigenvalue weighted by molar-refractivity contribution is 0.0696. The minimum atomic E-state index is -3.87. The lowest BCUT2D eigenvalue weighted by Crippen LogP contribution is -2.13. The first-order valence-corrected chi connectivity index (χ1v) is 6.32. The average Bonchev–Trinajstić information content (AvgIpc) is 2.21. The van der Waals surface area contributed by atoms with Crippen molar-refractivity contribution in [2.45, 2.75) is 11.8 Å². The second-order valence-corrected chi connectivity index (χ2v) is 5.51. The van der Waals surface area contributed by atoms with E-state index in [1.54, 1.807) is 0 Å².